The van der Waals surface area contributed by atoms with Crippen LogP contribution < -0.4 is 4.90 Å². The van der Waals surface area contributed by atoms with Gasteiger partial charge in [-0.3, -0.25) is 0 Å². The molecule has 82 valence electrons. The molecule has 1 aliphatic heterocycles. The predicted octanol–water partition coefficient (Wildman–Crippen LogP) is 2.67. The Labute approximate surface area is 94.1 Å². The zero-order chi connectivity index (χ0) is 11.1. The highest BCUT2D eigenvalue weighted by Crippen LogP contribution is 2.36. The highest BCUT2D eigenvalue weighted by molar-refractivity contribution is 6.21. The third-order valence-corrected chi connectivity index (χ3v) is 3.59. The summed E-state index contributed by atoms with van der Waals surface area (Å²) in [5.41, 5.74) is 0.00547. The lowest BCUT2D eigenvalue weighted by Crippen LogP contribution is -2.24. The number of halogens is 2. The van der Waals surface area contributed by atoms with Crippen molar-refractivity contribution in [3.8, 4) is 0 Å². The summed E-state index contributed by atoms with van der Waals surface area (Å²) in [6.45, 7) is 5.58. The molecule has 0 spiro atoms. The Balaban J connectivity index is 2.25. The van der Waals surface area contributed by atoms with Gasteiger partial charge in [-0.1, -0.05) is 13.8 Å². The van der Waals surface area contributed by atoms with E-state index in [1.807, 2.05) is 4.90 Å². The fourth-order valence-corrected chi connectivity index (χ4v) is 2.10. The van der Waals surface area contributed by atoms with Gasteiger partial charge in [0.25, 0.3) is 0 Å². The average Bonchev–Trinajstić information content (AvgIpc) is 2.42. The molecule has 4 heteroatoms. The molecule has 1 aromatic rings. The number of rotatable bonds is 1. The summed E-state index contributed by atoms with van der Waals surface area (Å²) in [7, 11) is 0. The molecule has 1 atom stereocenters. The molecule has 2 nitrogen and oxygen atoms in total. The van der Waals surface area contributed by atoms with Crippen LogP contribution in [-0.2, 0) is 0 Å². The Bertz CT molecular complexity index is 367. The van der Waals surface area contributed by atoms with Gasteiger partial charge in [-0.05, 0) is 12.1 Å². The van der Waals surface area contributed by atoms with E-state index < -0.39 is 0 Å². The summed E-state index contributed by atoms with van der Waals surface area (Å²) in [6, 6.07) is 3.02. The van der Waals surface area contributed by atoms with Crippen molar-refractivity contribution in [2.24, 2.45) is 5.41 Å². The van der Waals surface area contributed by atoms with Gasteiger partial charge in [-0.2, -0.15) is 0 Å². The maximum Gasteiger partial charge on any atom is 0.165 e. The maximum absolute atomic E-state index is 13.5. The van der Waals surface area contributed by atoms with E-state index in [1.165, 1.54) is 6.07 Å². The lowest BCUT2D eigenvalue weighted by atomic mass is 9.92. The standard InChI is InChI=1S/C11H14ClFN2/c1-11(2)7-15(6-9(11)12)10-8(13)4-3-5-14-10/h3-5,9H,6-7H2,1-2H3. The molecule has 0 N–H and O–H groups in total. The van der Waals surface area contributed by atoms with Crippen molar-refractivity contribution in [2.45, 2.75) is 19.2 Å². The molecule has 0 aromatic carbocycles. The molecule has 0 aliphatic carbocycles. The van der Waals surface area contributed by atoms with Crippen molar-refractivity contribution in [1.82, 2.24) is 4.98 Å². The Kier molecular flexibility index (Phi) is 2.59. The lowest BCUT2D eigenvalue weighted by molar-refractivity contribution is 0.424. The van der Waals surface area contributed by atoms with E-state index in [1.54, 1.807) is 12.3 Å². The van der Waals surface area contributed by atoms with Gasteiger partial charge in [0, 0.05) is 24.7 Å². The Morgan fingerprint density at radius 2 is 2.33 bits per heavy atom. The number of anilines is 1. The first kappa shape index (κ1) is 10.7. The first-order valence-electron chi connectivity index (χ1n) is 5.00. The van der Waals surface area contributed by atoms with E-state index in [9.17, 15) is 4.39 Å². The quantitative estimate of drug-likeness (QED) is 0.687. The minimum Gasteiger partial charge on any atom is -0.352 e. The van der Waals surface area contributed by atoms with Crippen molar-refractivity contribution in [3.05, 3.63) is 24.1 Å². The van der Waals surface area contributed by atoms with Crippen molar-refractivity contribution in [3.63, 3.8) is 0 Å². The second-order valence-electron chi connectivity index (χ2n) is 4.65. The minimum atomic E-state index is -0.279. The molecule has 2 rings (SSSR count). The highest BCUT2D eigenvalue weighted by atomic mass is 35.5. The van der Waals surface area contributed by atoms with E-state index in [-0.39, 0.29) is 16.6 Å². The maximum atomic E-state index is 13.5. The molecule has 0 radical (unpaired) electrons. The van der Waals surface area contributed by atoms with Gasteiger partial charge in [0.2, 0.25) is 0 Å². The van der Waals surface area contributed by atoms with Crippen LogP contribution in [0.25, 0.3) is 0 Å². The molecule has 0 bridgehead atoms. The molecule has 15 heavy (non-hydrogen) atoms. The SMILES string of the molecule is CC1(C)CN(c2ncccc2F)CC1Cl. The summed E-state index contributed by atoms with van der Waals surface area (Å²) < 4.78 is 13.5. The average molecular weight is 229 g/mol. The Morgan fingerprint density at radius 1 is 1.60 bits per heavy atom. The largest absolute Gasteiger partial charge is 0.352 e. The molecule has 1 unspecified atom stereocenters. The van der Waals surface area contributed by atoms with Crippen LogP contribution in [0.5, 0.6) is 0 Å². The van der Waals surface area contributed by atoms with E-state index in [0.717, 1.165) is 6.54 Å². The molecular weight excluding hydrogens is 215 g/mol. The zero-order valence-electron chi connectivity index (χ0n) is 8.87. The molecule has 0 saturated carbocycles. The fraction of sp³-hybridized carbons (Fsp3) is 0.545. The van der Waals surface area contributed by atoms with E-state index in [0.29, 0.717) is 12.4 Å². The van der Waals surface area contributed by atoms with Crippen LogP contribution >= 0.6 is 11.6 Å². The van der Waals surface area contributed by atoms with Crippen molar-refractivity contribution in [1.29, 1.82) is 0 Å². The van der Waals surface area contributed by atoms with Crippen LogP contribution in [-0.4, -0.2) is 23.5 Å². The molecule has 1 saturated heterocycles. The first-order valence-corrected chi connectivity index (χ1v) is 5.44. The van der Waals surface area contributed by atoms with Gasteiger partial charge in [0.15, 0.2) is 11.6 Å². The molecule has 0 amide bonds. The van der Waals surface area contributed by atoms with Gasteiger partial charge in [0.1, 0.15) is 0 Å². The Hall–Kier alpha value is -0.830. The van der Waals surface area contributed by atoms with Gasteiger partial charge in [-0.15, -0.1) is 11.6 Å². The summed E-state index contributed by atoms with van der Waals surface area (Å²) in [5, 5.41) is 0.0407. The molecule has 1 fully saturated rings. The number of alkyl halides is 1. The highest BCUT2D eigenvalue weighted by Gasteiger charge is 2.39. The minimum absolute atomic E-state index is 0.00547. The normalized spacial score (nSPS) is 24.5. The predicted molar refractivity (Wildman–Crippen MR) is 59.8 cm³/mol. The zero-order valence-corrected chi connectivity index (χ0v) is 9.63. The van der Waals surface area contributed by atoms with Gasteiger partial charge in [-0.25, -0.2) is 9.37 Å². The van der Waals surface area contributed by atoms with Gasteiger partial charge in [0.05, 0.1) is 5.38 Å². The van der Waals surface area contributed by atoms with Crippen LogP contribution in [0.1, 0.15) is 13.8 Å². The second-order valence-corrected chi connectivity index (χ2v) is 5.17. The summed E-state index contributed by atoms with van der Waals surface area (Å²) in [5.74, 6) is 0.132. The number of nitrogens with zero attached hydrogens (tertiary/aromatic N) is 2. The van der Waals surface area contributed by atoms with Crippen LogP contribution in [0.15, 0.2) is 18.3 Å². The molecule has 1 aromatic heterocycles. The van der Waals surface area contributed by atoms with Crippen LogP contribution in [0.3, 0.4) is 0 Å². The van der Waals surface area contributed by atoms with Crippen molar-refractivity contribution < 1.29 is 4.39 Å². The first-order chi connectivity index (χ1) is 7.00. The topological polar surface area (TPSA) is 16.1 Å². The number of aromatic nitrogens is 1. The second kappa shape index (κ2) is 3.63. The molecule has 2 heterocycles. The Morgan fingerprint density at radius 3 is 2.87 bits per heavy atom. The third kappa shape index (κ3) is 1.93. The number of hydrogen-bond acceptors (Lipinski definition) is 2. The smallest absolute Gasteiger partial charge is 0.165 e. The number of hydrogen-bond donors (Lipinski definition) is 0. The van der Waals surface area contributed by atoms with Gasteiger partial charge >= 0.3 is 0 Å². The van der Waals surface area contributed by atoms with E-state index in [2.05, 4.69) is 18.8 Å². The number of pyridine rings is 1. The van der Waals surface area contributed by atoms with Crippen LogP contribution in [0.4, 0.5) is 10.2 Å². The summed E-state index contributed by atoms with van der Waals surface area (Å²) >= 11 is 6.21. The lowest BCUT2D eigenvalue weighted by Gasteiger charge is -2.21. The van der Waals surface area contributed by atoms with Crippen LogP contribution in [0.2, 0.25) is 0 Å². The summed E-state index contributed by atoms with van der Waals surface area (Å²) in [4.78, 5) is 5.96. The monoisotopic (exact) mass is 228 g/mol. The molecular formula is C11H14ClFN2. The fourth-order valence-electron chi connectivity index (χ4n) is 1.87. The molecule has 1 aliphatic rings. The van der Waals surface area contributed by atoms with E-state index >= 15 is 0 Å². The van der Waals surface area contributed by atoms with Crippen LogP contribution in [0, 0.1) is 11.2 Å². The van der Waals surface area contributed by atoms with Crippen molar-refractivity contribution in [2.75, 3.05) is 18.0 Å². The van der Waals surface area contributed by atoms with Crippen molar-refractivity contribution >= 4 is 17.4 Å². The summed E-state index contributed by atoms with van der Waals surface area (Å²) in [6.07, 6.45) is 1.60. The third-order valence-electron chi connectivity index (χ3n) is 2.87. The van der Waals surface area contributed by atoms with Gasteiger partial charge < -0.3 is 4.90 Å². The van der Waals surface area contributed by atoms with E-state index in [4.69, 9.17) is 11.6 Å².